The van der Waals surface area contributed by atoms with E-state index in [0.717, 1.165) is 11.4 Å². The maximum Gasteiger partial charge on any atom is 0.0441 e. The van der Waals surface area contributed by atoms with Gasteiger partial charge in [-0.1, -0.05) is 35.4 Å². The summed E-state index contributed by atoms with van der Waals surface area (Å²) < 4.78 is 0. The van der Waals surface area contributed by atoms with Gasteiger partial charge in [0.15, 0.2) is 0 Å². The molecule has 2 aromatic rings. The van der Waals surface area contributed by atoms with Gasteiger partial charge in [-0.3, -0.25) is 0 Å². The first kappa shape index (κ1) is 18.1. The molecule has 0 spiro atoms. The zero-order valence-electron chi connectivity index (χ0n) is 16.3. The molecule has 2 aromatic carbocycles. The van der Waals surface area contributed by atoms with Crippen molar-refractivity contribution in [3.63, 3.8) is 0 Å². The summed E-state index contributed by atoms with van der Waals surface area (Å²) in [6.07, 6.45) is 0. The van der Waals surface area contributed by atoms with E-state index in [1.807, 2.05) is 0 Å². The fourth-order valence-corrected chi connectivity index (χ4v) is 3.32. The molecule has 0 aliphatic carbocycles. The molecule has 0 unspecified atom stereocenters. The lowest BCUT2D eigenvalue weighted by Gasteiger charge is -2.19. The molecule has 0 amide bonds. The molecule has 2 N–H and O–H groups in total. The standard InChI is InChI=1S/C22H30N2/c1-13-9-15(3)21(16(4)10-13)23-19(7)20(8)24-22-17(5)11-14(2)12-18(22)6/h9-12,23-24H,1-8H3/b20-19+. The monoisotopic (exact) mass is 322 g/mol. The maximum atomic E-state index is 3.59. The van der Waals surface area contributed by atoms with Gasteiger partial charge in [-0.15, -0.1) is 0 Å². The smallest absolute Gasteiger partial charge is 0.0441 e. The van der Waals surface area contributed by atoms with Crippen LogP contribution in [0.5, 0.6) is 0 Å². The summed E-state index contributed by atoms with van der Waals surface area (Å²) in [6.45, 7) is 17.2. The van der Waals surface area contributed by atoms with E-state index < -0.39 is 0 Å². The fourth-order valence-electron chi connectivity index (χ4n) is 3.32. The minimum absolute atomic E-state index is 1.14. The quantitative estimate of drug-likeness (QED) is 0.689. The van der Waals surface area contributed by atoms with Crippen LogP contribution in [0.15, 0.2) is 35.7 Å². The Hall–Kier alpha value is -2.22. The van der Waals surface area contributed by atoms with Crippen molar-refractivity contribution in [3.05, 3.63) is 69.0 Å². The van der Waals surface area contributed by atoms with E-state index in [1.165, 1.54) is 44.8 Å². The van der Waals surface area contributed by atoms with E-state index in [2.05, 4.69) is 90.3 Å². The molecule has 0 radical (unpaired) electrons. The second-order valence-electron chi connectivity index (χ2n) is 7.05. The van der Waals surface area contributed by atoms with Crippen molar-refractivity contribution in [2.24, 2.45) is 0 Å². The van der Waals surface area contributed by atoms with Gasteiger partial charge in [0.2, 0.25) is 0 Å². The van der Waals surface area contributed by atoms with Crippen LogP contribution in [-0.2, 0) is 0 Å². The van der Waals surface area contributed by atoms with Gasteiger partial charge in [0.05, 0.1) is 0 Å². The first-order chi connectivity index (χ1) is 11.2. The average Bonchev–Trinajstić information content (AvgIpc) is 2.46. The Labute approximate surface area is 147 Å². The SMILES string of the molecule is C/C(Nc1c(C)cc(C)cc1C)=C(/C)Nc1c(C)cc(C)cc1C. The summed E-state index contributed by atoms with van der Waals surface area (Å²) in [5.74, 6) is 0. The molecular formula is C22H30N2. The molecule has 0 fully saturated rings. The van der Waals surface area contributed by atoms with Gasteiger partial charge in [0.25, 0.3) is 0 Å². The average molecular weight is 322 g/mol. The van der Waals surface area contributed by atoms with Crippen LogP contribution in [0.25, 0.3) is 0 Å². The molecule has 0 aromatic heterocycles. The number of benzene rings is 2. The van der Waals surface area contributed by atoms with E-state index in [4.69, 9.17) is 0 Å². The lowest BCUT2D eigenvalue weighted by atomic mass is 10.0. The van der Waals surface area contributed by atoms with Crippen molar-refractivity contribution < 1.29 is 0 Å². The third-order valence-electron chi connectivity index (χ3n) is 4.54. The normalized spacial score (nSPS) is 12.0. The van der Waals surface area contributed by atoms with Crippen LogP contribution >= 0.6 is 0 Å². The van der Waals surface area contributed by atoms with Gasteiger partial charge < -0.3 is 10.6 Å². The van der Waals surface area contributed by atoms with E-state index in [-0.39, 0.29) is 0 Å². The molecule has 0 bridgehead atoms. The Kier molecular flexibility index (Phi) is 5.38. The summed E-state index contributed by atoms with van der Waals surface area (Å²) in [4.78, 5) is 0. The number of anilines is 2. The number of hydrogen-bond donors (Lipinski definition) is 2. The predicted molar refractivity (Wildman–Crippen MR) is 107 cm³/mol. The Balaban J connectivity index is 2.30. The van der Waals surface area contributed by atoms with E-state index in [0.29, 0.717) is 0 Å². The molecule has 128 valence electrons. The highest BCUT2D eigenvalue weighted by molar-refractivity contribution is 5.64. The van der Waals surface area contributed by atoms with Crippen LogP contribution in [0.1, 0.15) is 47.2 Å². The van der Waals surface area contributed by atoms with Crippen LogP contribution in [0.3, 0.4) is 0 Å². The van der Waals surface area contributed by atoms with Crippen LogP contribution in [0, 0.1) is 41.5 Å². The number of allylic oxidation sites excluding steroid dienone is 2. The largest absolute Gasteiger partial charge is 0.357 e. The number of nitrogens with one attached hydrogen (secondary N) is 2. The Bertz CT molecular complexity index is 684. The van der Waals surface area contributed by atoms with E-state index in [1.54, 1.807) is 0 Å². The summed E-state index contributed by atoms with van der Waals surface area (Å²) >= 11 is 0. The van der Waals surface area contributed by atoms with Crippen LogP contribution in [0.4, 0.5) is 11.4 Å². The number of hydrogen-bond acceptors (Lipinski definition) is 2. The van der Waals surface area contributed by atoms with Crippen LogP contribution < -0.4 is 10.6 Å². The summed E-state index contributed by atoms with van der Waals surface area (Å²) in [6, 6.07) is 8.89. The first-order valence-corrected chi connectivity index (χ1v) is 8.56. The molecular weight excluding hydrogens is 292 g/mol. The first-order valence-electron chi connectivity index (χ1n) is 8.56. The number of rotatable bonds is 4. The van der Waals surface area contributed by atoms with Gasteiger partial charge in [-0.25, -0.2) is 0 Å². The minimum Gasteiger partial charge on any atom is -0.357 e. The molecule has 24 heavy (non-hydrogen) atoms. The van der Waals surface area contributed by atoms with Gasteiger partial charge in [0, 0.05) is 22.8 Å². The van der Waals surface area contributed by atoms with Crippen molar-refractivity contribution in [1.82, 2.24) is 0 Å². The molecule has 2 rings (SSSR count). The summed E-state index contributed by atoms with van der Waals surface area (Å²) in [5.41, 5.74) is 12.4. The molecule has 0 atom stereocenters. The lowest BCUT2D eigenvalue weighted by molar-refractivity contribution is 1.19. The van der Waals surface area contributed by atoms with Crippen molar-refractivity contribution in [3.8, 4) is 0 Å². The molecule has 0 heterocycles. The second-order valence-corrected chi connectivity index (χ2v) is 7.05. The summed E-state index contributed by atoms with van der Waals surface area (Å²) in [5, 5.41) is 7.19. The van der Waals surface area contributed by atoms with Crippen LogP contribution in [0.2, 0.25) is 0 Å². The van der Waals surface area contributed by atoms with Gasteiger partial charge in [-0.2, -0.15) is 0 Å². The predicted octanol–water partition coefficient (Wildman–Crippen LogP) is 6.31. The lowest BCUT2D eigenvalue weighted by Crippen LogP contribution is -2.09. The van der Waals surface area contributed by atoms with Gasteiger partial charge in [0.1, 0.15) is 0 Å². The highest BCUT2D eigenvalue weighted by Crippen LogP contribution is 2.26. The molecule has 0 aliphatic heterocycles. The molecule has 2 heteroatoms. The maximum absolute atomic E-state index is 3.59. The fraction of sp³-hybridized carbons (Fsp3) is 0.364. The van der Waals surface area contributed by atoms with Crippen molar-refractivity contribution in [2.75, 3.05) is 10.6 Å². The van der Waals surface area contributed by atoms with Gasteiger partial charge >= 0.3 is 0 Å². The minimum atomic E-state index is 1.14. The second kappa shape index (κ2) is 7.12. The van der Waals surface area contributed by atoms with Crippen LogP contribution in [-0.4, -0.2) is 0 Å². The highest BCUT2D eigenvalue weighted by Gasteiger charge is 2.08. The van der Waals surface area contributed by atoms with Crippen molar-refractivity contribution >= 4 is 11.4 Å². The van der Waals surface area contributed by atoms with Gasteiger partial charge in [-0.05, 0) is 77.6 Å². The molecule has 2 nitrogen and oxygen atoms in total. The third kappa shape index (κ3) is 4.00. The highest BCUT2D eigenvalue weighted by atomic mass is 15.0. The number of aryl methyl sites for hydroxylation is 6. The zero-order chi connectivity index (χ0) is 18.0. The topological polar surface area (TPSA) is 24.1 Å². The van der Waals surface area contributed by atoms with Crippen molar-refractivity contribution in [2.45, 2.75) is 55.4 Å². The van der Waals surface area contributed by atoms with Crippen molar-refractivity contribution in [1.29, 1.82) is 0 Å². The third-order valence-corrected chi connectivity index (χ3v) is 4.54. The Morgan fingerprint density at radius 3 is 1.04 bits per heavy atom. The Morgan fingerprint density at radius 2 is 0.792 bits per heavy atom. The molecule has 0 saturated carbocycles. The Morgan fingerprint density at radius 1 is 0.542 bits per heavy atom. The summed E-state index contributed by atoms with van der Waals surface area (Å²) in [7, 11) is 0. The molecule has 0 saturated heterocycles. The van der Waals surface area contributed by atoms with E-state index >= 15 is 0 Å². The van der Waals surface area contributed by atoms with E-state index in [9.17, 15) is 0 Å². The molecule has 0 aliphatic rings. The zero-order valence-corrected chi connectivity index (χ0v) is 16.3.